The Morgan fingerprint density at radius 3 is 2.65 bits per heavy atom. The molecule has 3 rings (SSSR count). The quantitative estimate of drug-likeness (QED) is 0.922. The summed E-state index contributed by atoms with van der Waals surface area (Å²) < 4.78 is 40.0. The molecule has 1 aliphatic rings. The van der Waals surface area contributed by atoms with Crippen LogP contribution in [0.25, 0.3) is 0 Å². The fraction of sp³-hybridized carbons (Fsp3) is 0.188. The van der Waals surface area contributed by atoms with Crippen molar-refractivity contribution in [1.82, 2.24) is 4.72 Å². The number of carbonyl (C=O) groups excluding carboxylic acids is 1. The van der Waals surface area contributed by atoms with Crippen molar-refractivity contribution in [2.45, 2.75) is 23.7 Å². The standard InChI is InChI=1S/C16H13ClFNO3S/c17-13-5-3-4-10-11(13)8-9-12(10)16(20)19-23(21,22)15-7-2-1-6-14(15)18/h1-7,12H,8-9H2,(H,19,20). The maximum Gasteiger partial charge on any atom is 0.266 e. The highest BCUT2D eigenvalue weighted by atomic mass is 35.5. The van der Waals surface area contributed by atoms with Gasteiger partial charge in [0.1, 0.15) is 10.7 Å². The molecule has 1 aliphatic carbocycles. The Hall–Kier alpha value is -1.92. The minimum Gasteiger partial charge on any atom is -0.273 e. The van der Waals surface area contributed by atoms with E-state index in [9.17, 15) is 17.6 Å². The first-order valence-corrected chi connectivity index (χ1v) is 8.85. The predicted octanol–water partition coefficient (Wildman–Crippen LogP) is 3.01. The van der Waals surface area contributed by atoms with Crippen LogP contribution < -0.4 is 4.72 Å². The number of hydrogen-bond acceptors (Lipinski definition) is 3. The van der Waals surface area contributed by atoms with E-state index >= 15 is 0 Å². The van der Waals surface area contributed by atoms with Gasteiger partial charge in [-0.25, -0.2) is 17.5 Å². The van der Waals surface area contributed by atoms with Crippen LogP contribution in [0.2, 0.25) is 5.02 Å². The SMILES string of the molecule is O=C(NS(=O)(=O)c1ccccc1F)C1CCc2c(Cl)cccc21. The number of nitrogens with one attached hydrogen (secondary N) is 1. The van der Waals surface area contributed by atoms with Crippen molar-refractivity contribution < 1.29 is 17.6 Å². The molecular formula is C16H13ClFNO3S. The van der Waals surface area contributed by atoms with Gasteiger partial charge in [0, 0.05) is 5.02 Å². The molecule has 2 aromatic carbocycles. The molecule has 1 amide bonds. The summed E-state index contributed by atoms with van der Waals surface area (Å²) in [7, 11) is -4.25. The predicted molar refractivity (Wildman–Crippen MR) is 84.2 cm³/mol. The van der Waals surface area contributed by atoms with Gasteiger partial charge < -0.3 is 0 Å². The van der Waals surface area contributed by atoms with Gasteiger partial charge in [0.2, 0.25) is 5.91 Å². The van der Waals surface area contributed by atoms with E-state index in [0.717, 1.165) is 23.3 Å². The third-order valence-corrected chi connectivity index (χ3v) is 5.63. The molecule has 1 unspecified atom stereocenters. The molecule has 0 aromatic heterocycles. The summed E-state index contributed by atoms with van der Waals surface area (Å²) in [6, 6.07) is 10.1. The monoisotopic (exact) mass is 353 g/mol. The van der Waals surface area contributed by atoms with E-state index in [0.29, 0.717) is 17.9 Å². The first-order chi connectivity index (χ1) is 10.9. The molecule has 1 atom stereocenters. The molecule has 0 bridgehead atoms. The maximum atomic E-state index is 13.7. The second-order valence-corrected chi connectivity index (χ2v) is 7.36. The summed E-state index contributed by atoms with van der Waals surface area (Å²) in [4.78, 5) is 11.8. The van der Waals surface area contributed by atoms with Gasteiger partial charge in [-0.3, -0.25) is 4.79 Å². The Morgan fingerprint density at radius 2 is 1.91 bits per heavy atom. The van der Waals surface area contributed by atoms with E-state index in [1.54, 1.807) is 18.2 Å². The second kappa shape index (κ2) is 5.94. The van der Waals surface area contributed by atoms with E-state index in [-0.39, 0.29) is 0 Å². The largest absolute Gasteiger partial charge is 0.273 e. The van der Waals surface area contributed by atoms with Crippen LogP contribution in [0.15, 0.2) is 47.4 Å². The molecule has 0 radical (unpaired) electrons. The van der Waals surface area contributed by atoms with Crippen LogP contribution in [0.1, 0.15) is 23.5 Å². The lowest BCUT2D eigenvalue weighted by atomic mass is 10.0. The van der Waals surface area contributed by atoms with E-state index in [4.69, 9.17) is 11.6 Å². The Morgan fingerprint density at radius 1 is 1.17 bits per heavy atom. The van der Waals surface area contributed by atoms with Gasteiger partial charge in [0.25, 0.3) is 10.0 Å². The molecule has 2 aromatic rings. The number of benzene rings is 2. The summed E-state index contributed by atoms with van der Waals surface area (Å²) in [5.41, 5.74) is 1.58. The first kappa shape index (κ1) is 16.0. The minimum absolute atomic E-state index is 0.470. The van der Waals surface area contributed by atoms with Gasteiger partial charge in [0.15, 0.2) is 0 Å². The van der Waals surface area contributed by atoms with Crippen molar-refractivity contribution in [3.63, 3.8) is 0 Å². The number of carbonyl (C=O) groups is 1. The Labute approximate surface area is 138 Å². The molecule has 0 heterocycles. The summed E-state index contributed by atoms with van der Waals surface area (Å²) in [6.45, 7) is 0. The molecule has 120 valence electrons. The summed E-state index contributed by atoms with van der Waals surface area (Å²) in [6.07, 6.45) is 1.07. The van der Waals surface area contributed by atoms with Crippen molar-refractivity contribution in [2.24, 2.45) is 0 Å². The zero-order valence-electron chi connectivity index (χ0n) is 11.9. The highest BCUT2D eigenvalue weighted by Crippen LogP contribution is 2.37. The minimum atomic E-state index is -4.25. The maximum absolute atomic E-state index is 13.7. The fourth-order valence-corrected chi connectivity index (χ4v) is 4.18. The molecular weight excluding hydrogens is 341 g/mol. The molecule has 0 saturated carbocycles. The van der Waals surface area contributed by atoms with Crippen molar-refractivity contribution in [3.8, 4) is 0 Å². The topological polar surface area (TPSA) is 63.2 Å². The van der Waals surface area contributed by atoms with Gasteiger partial charge in [-0.15, -0.1) is 0 Å². The van der Waals surface area contributed by atoms with Crippen LogP contribution in [0.4, 0.5) is 4.39 Å². The molecule has 0 saturated heterocycles. The Balaban J connectivity index is 1.87. The number of rotatable bonds is 3. The summed E-state index contributed by atoms with van der Waals surface area (Å²) >= 11 is 6.09. The van der Waals surface area contributed by atoms with Gasteiger partial charge in [-0.2, -0.15) is 0 Å². The van der Waals surface area contributed by atoms with E-state index < -0.39 is 32.6 Å². The number of amides is 1. The number of sulfonamides is 1. The van der Waals surface area contributed by atoms with E-state index in [2.05, 4.69) is 0 Å². The van der Waals surface area contributed by atoms with Gasteiger partial charge >= 0.3 is 0 Å². The molecule has 23 heavy (non-hydrogen) atoms. The van der Waals surface area contributed by atoms with Crippen LogP contribution in [0.5, 0.6) is 0 Å². The van der Waals surface area contributed by atoms with Crippen LogP contribution in [-0.4, -0.2) is 14.3 Å². The van der Waals surface area contributed by atoms with Crippen LogP contribution in [-0.2, 0) is 21.2 Å². The van der Waals surface area contributed by atoms with Crippen LogP contribution >= 0.6 is 11.6 Å². The molecule has 7 heteroatoms. The van der Waals surface area contributed by atoms with Crippen molar-refractivity contribution in [3.05, 3.63) is 64.4 Å². The normalized spacial score (nSPS) is 16.9. The summed E-state index contributed by atoms with van der Waals surface area (Å²) in [5.74, 6) is -2.18. The van der Waals surface area contributed by atoms with E-state index in [1.807, 2.05) is 4.72 Å². The lowest BCUT2D eigenvalue weighted by molar-refractivity contribution is -0.120. The molecule has 0 spiro atoms. The average molecular weight is 354 g/mol. The first-order valence-electron chi connectivity index (χ1n) is 6.98. The highest BCUT2D eigenvalue weighted by molar-refractivity contribution is 7.90. The van der Waals surface area contributed by atoms with Crippen LogP contribution in [0.3, 0.4) is 0 Å². The fourth-order valence-electron chi connectivity index (χ4n) is 2.80. The average Bonchev–Trinajstić information content (AvgIpc) is 2.92. The number of fused-ring (bicyclic) bond motifs is 1. The zero-order chi connectivity index (χ0) is 16.6. The van der Waals surface area contributed by atoms with E-state index in [1.165, 1.54) is 12.1 Å². The lowest BCUT2D eigenvalue weighted by Crippen LogP contribution is -2.34. The third-order valence-electron chi connectivity index (χ3n) is 3.89. The smallest absolute Gasteiger partial charge is 0.266 e. The molecule has 0 fully saturated rings. The van der Waals surface area contributed by atoms with Crippen LogP contribution in [0, 0.1) is 5.82 Å². The number of hydrogen-bond donors (Lipinski definition) is 1. The molecule has 0 aliphatic heterocycles. The van der Waals surface area contributed by atoms with Crippen molar-refractivity contribution in [1.29, 1.82) is 0 Å². The van der Waals surface area contributed by atoms with Crippen molar-refractivity contribution >= 4 is 27.5 Å². The highest BCUT2D eigenvalue weighted by Gasteiger charge is 2.32. The van der Waals surface area contributed by atoms with Gasteiger partial charge in [0.05, 0.1) is 5.92 Å². The number of halogens is 2. The van der Waals surface area contributed by atoms with Gasteiger partial charge in [-0.05, 0) is 42.2 Å². The lowest BCUT2D eigenvalue weighted by Gasteiger charge is -2.13. The zero-order valence-corrected chi connectivity index (χ0v) is 13.5. The van der Waals surface area contributed by atoms with Crippen molar-refractivity contribution in [2.75, 3.05) is 0 Å². The second-order valence-electron chi connectivity index (χ2n) is 5.30. The van der Waals surface area contributed by atoms with Gasteiger partial charge in [-0.1, -0.05) is 35.9 Å². The Kier molecular flexibility index (Phi) is 4.12. The summed E-state index contributed by atoms with van der Waals surface area (Å²) in [5, 5.41) is 0.565. The molecule has 1 N–H and O–H groups in total. The molecule has 4 nitrogen and oxygen atoms in total. The Bertz CT molecular complexity index is 883. The third kappa shape index (κ3) is 2.96.